The molecule has 11 heteroatoms. The topological polar surface area (TPSA) is 80.4 Å². The summed E-state index contributed by atoms with van der Waals surface area (Å²) >= 11 is 6.14. The number of nitriles is 1. The zero-order valence-electron chi connectivity index (χ0n) is 14.5. The first kappa shape index (κ1) is 19.7. The van der Waals surface area contributed by atoms with E-state index in [2.05, 4.69) is 20.5 Å². The molecule has 0 aliphatic carbocycles. The van der Waals surface area contributed by atoms with Gasteiger partial charge in [-0.05, 0) is 30.3 Å². The molecule has 0 unspecified atom stereocenters. The third-order valence-electron chi connectivity index (χ3n) is 4.13. The second kappa shape index (κ2) is 8.31. The molecular formula is C17H15ClF3N7. The highest BCUT2D eigenvalue weighted by Crippen LogP contribution is 2.30. The van der Waals surface area contributed by atoms with E-state index in [4.69, 9.17) is 16.9 Å². The standard InChI is InChI=1S/C17H15ClF3N7/c18-14-5-6-24-26-15(14)27-7-9-28(10-8-27)16(23-11-22)25-13-3-1-12(2-4-13)17(19,20)21/h1-6H,7-10H2,(H,23,25). The third kappa shape index (κ3) is 4.61. The molecule has 0 radical (unpaired) electrons. The van der Waals surface area contributed by atoms with Gasteiger partial charge in [0.25, 0.3) is 0 Å². The smallest absolute Gasteiger partial charge is 0.350 e. The zero-order chi connectivity index (χ0) is 20.1. The zero-order valence-corrected chi connectivity index (χ0v) is 15.2. The number of aromatic nitrogens is 2. The SMILES string of the molecule is N#CNC(=Nc1ccc(C(F)(F)F)cc1)N1CCN(c2nnccc2Cl)CC1. The summed E-state index contributed by atoms with van der Waals surface area (Å²) in [5.74, 6) is 0.852. The number of nitrogens with zero attached hydrogens (tertiary/aromatic N) is 6. The summed E-state index contributed by atoms with van der Waals surface area (Å²) in [5, 5.41) is 19.9. The molecule has 1 aromatic carbocycles. The van der Waals surface area contributed by atoms with Gasteiger partial charge in [-0.1, -0.05) is 11.6 Å². The minimum absolute atomic E-state index is 0.271. The third-order valence-corrected chi connectivity index (χ3v) is 4.42. The molecule has 0 bridgehead atoms. The Morgan fingerprint density at radius 1 is 1.14 bits per heavy atom. The number of hydrogen-bond acceptors (Lipinski definition) is 5. The van der Waals surface area contributed by atoms with Gasteiger partial charge in [-0.25, -0.2) is 4.99 Å². The van der Waals surface area contributed by atoms with Gasteiger partial charge in [-0.3, -0.25) is 5.32 Å². The molecule has 1 fully saturated rings. The molecule has 2 heterocycles. The van der Waals surface area contributed by atoms with Crippen LogP contribution in [0.5, 0.6) is 0 Å². The molecule has 2 aromatic rings. The predicted octanol–water partition coefficient (Wildman–Crippen LogP) is 3.03. The number of benzene rings is 1. The molecule has 1 saturated heterocycles. The largest absolute Gasteiger partial charge is 0.416 e. The molecule has 0 atom stereocenters. The van der Waals surface area contributed by atoms with Crippen LogP contribution in [0.25, 0.3) is 0 Å². The number of anilines is 1. The minimum Gasteiger partial charge on any atom is -0.350 e. The number of halogens is 4. The van der Waals surface area contributed by atoms with Crippen LogP contribution >= 0.6 is 11.6 Å². The van der Waals surface area contributed by atoms with Gasteiger partial charge in [0.2, 0.25) is 5.96 Å². The van der Waals surface area contributed by atoms with Gasteiger partial charge in [-0.2, -0.15) is 23.5 Å². The molecular weight excluding hydrogens is 395 g/mol. The van der Waals surface area contributed by atoms with E-state index in [0.717, 1.165) is 12.1 Å². The summed E-state index contributed by atoms with van der Waals surface area (Å²) in [6.45, 7) is 2.16. The summed E-state index contributed by atoms with van der Waals surface area (Å²) < 4.78 is 38.0. The number of guanidine groups is 1. The lowest BCUT2D eigenvalue weighted by molar-refractivity contribution is -0.137. The van der Waals surface area contributed by atoms with E-state index in [-0.39, 0.29) is 5.96 Å². The predicted molar refractivity (Wildman–Crippen MR) is 98.1 cm³/mol. The summed E-state index contributed by atoms with van der Waals surface area (Å²) in [4.78, 5) is 8.08. The maximum atomic E-state index is 12.7. The van der Waals surface area contributed by atoms with E-state index in [0.29, 0.717) is 42.7 Å². The number of hydrogen-bond donors (Lipinski definition) is 1. The van der Waals surface area contributed by atoms with Crippen molar-refractivity contribution >= 4 is 29.1 Å². The quantitative estimate of drug-likeness (QED) is 0.355. The Balaban J connectivity index is 1.72. The Morgan fingerprint density at radius 2 is 1.82 bits per heavy atom. The summed E-state index contributed by atoms with van der Waals surface area (Å²) in [6, 6.07) is 6.09. The molecule has 1 aliphatic rings. The lowest BCUT2D eigenvalue weighted by Gasteiger charge is -2.36. The van der Waals surface area contributed by atoms with E-state index in [1.165, 1.54) is 18.3 Å². The average Bonchev–Trinajstić information content (AvgIpc) is 2.68. The highest BCUT2D eigenvalue weighted by Gasteiger charge is 2.30. The van der Waals surface area contributed by atoms with Crippen molar-refractivity contribution in [2.75, 3.05) is 31.1 Å². The summed E-state index contributed by atoms with van der Waals surface area (Å²) in [5.41, 5.74) is -0.444. The molecule has 1 N–H and O–H groups in total. The van der Waals surface area contributed by atoms with E-state index in [9.17, 15) is 13.2 Å². The number of piperazine rings is 1. The molecule has 0 spiro atoms. The first-order chi connectivity index (χ1) is 13.4. The number of aliphatic imine (C=N–C) groups is 1. The molecule has 7 nitrogen and oxygen atoms in total. The van der Waals surface area contributed by atoms with Gasteiger partial charge >= 0.3 is 6.18 Å². The van der Waals surface area contributed by atoms with Gasteiger partial charge in [-0.15, -0.1) is 5.10 Å². The molecule has 28 heavy (non-hydrogen) atoms. The molecule has 1 aliphatic heterocycles. The van der Waals surface area contributed by atoms with Gasteiger partial charge in [0, 0.05) is 26.2 Å². The fourth-order valence-electron chi connectivity index (χ4n) is 2.73. The summed E-state index contributed by atoms with van der Waals surface area (Å²) in [6.07, 6.45) is -1.09. The van der Waals surface area contributed by atoms with Crippen molar-refractivity contribution in [3.05, 3.63) is 47.1 Å². The van der Waals surface area contributed by atoms with Crippen LogP contribution in [0.15, 0.2) is 41.5 Å². The van der Waals surface area contributed by atoms with Crippen LogP contribution in [-0.4, -0.2) is 47.2 Å². The van der Waals surface area contributed by atoms with Crippen LogP contribution in [0.4, 0.5) is 24.7 Å². The Bertz CT molecular complexity index is 885. The molecule has 3 rings (SSSR count). The van der Waals surface area contributed by atoms with Crippen molar-refractivity contribution in [2.24, 2.45) is 4.99 Å². The number of alkyl halides is 3. The Morgan fingerprint density at radius 3 is 2.39 bits per heavy atom. The van der Waals surface area contributed by atoms with Crippen molar-refractivity contribution in [3.63, 3.8) is 0 Å². The van der Waals surface area contributed by atoms with Crippen molar-refractivity contribution < 1.29 is 13.2 Å². The van der Waals surface area contributed by atoms with Crippen molar-refractivity contribution in [3.8, 4) is 6.19 Å². The van der Waals surface area contributed by atoms with Crippen LogP contribution in [0.2, 0.25) is 5.02 Å². The lowest BCUT2D eigenvalue weighted by Crippen LogP contribution is -2.52. The van der Waals surface area contributed by atoms with E-state index < -0.39 is 11.7 Å². The Hall–Kier alpha value is -3.06. The van der Waals surface area contributed by atoms with Gasteiger partial charge < -0.3 is 9.80 Å². The maximum Gasteiger partial charge on any atom is 0.416 e. The average molecular weight is 410 g/mol. The van der Waals surface area contributed by atoms with Crippen LogP contribution in [0.3, 0.4) is 0 Å². The van der Waals surface area contributed by atoms with Crippen molar-refractivity contribution in [1.82, 2.24) is 20.4 Å². The fraction of sp³-hybridized carbons (Fsp3) is 0.294. The lowest BCUT2D eigenvalue weighted by atomic mass is 10.2. The van der Waals surface area contributed by atoms with Gasteiger partial charge in [0.15, 0.2) is 12.0 Å². The molecule has 1 aromatic heterocycles. The Kier molecular flexibility index (Phi) is 5.84. The van der Waals surface area contributed by atoms with Crippen LogP contribution in [-0.2, 0) is 6.18 Å². The number of nitrogens with one attached hydrogen (secondary N) is 1. The fourth-order valence-corrected chi connectivity index (χ4v) is 2.94. The normalized spacial score (nSPS) is 15.3. The van der Waals surface area contributed by atoms with Gasteiger partial charge in [0.05, 0.1) is 22.5 Å². The maximum absolute atomic E-state index is 12.7. The van der Waals surface area contributed by atoms with Crippen LogP contribution in [0.1, 0.15) is 5.56 Å². The second-order valence-electron chi connectivity index (χ2n) is 5.89. The highest BCUT2D eigenvalue weighted by molar-refractivity contribution is 6.32. The van der Waals surface area contributed by atoms with Crippen LogP contribution < -0.4 is 10.2 Å². The van der Waals surface area contributed by atoms with E-state index in [1.54, 1.807) is 6.07 Å². The van der Waals surface area contributed by atoms with Crippen molar-refractivity contribution in [2.45, 2.75) is 6.18 Å². The highest BCUT2D eigenvalue weighted by atomic mass is 35.5. The number of rotatable bonds is 2. The summed E-state index contributed by atoms with van der Waals surface area (Å²) in [7, 11) is 0. The monoisotopic (exact) mass is 409 g/mol. The minimum atomic E-state index is -4.41. The first-order valence-electron chi connectivity index (χ1n) is 8.26. The molecule has 0 amide bonds. The first-order valence-corrected chi connectivity index (χ1v) is 8.64. The van der Waals surface area contributed by atoms with E-state index in [1.807, 2.05) is 16.0 Å². The molecule has 146 valence electrons. The van der Waals surface area contributed by atoms with E-state index >= 15 is 0 Å². The second-order valence-corrected chi connectivity index (χ2v) is 6.30. The van der Waals surface area contributed by atoms with Crippen LogP contribution in [0, 0.1) is 11.5 Å². The molecule has 0 saturated carbocycles. The Labute approximate surface area is 164 Å². The van der Waals surface area contributed by atoms with Gasteiger partial charge in [0.1, 0.15) is 0 Å². The van der Waals surface area contributed by atoms with Crippen molar-refractivity contribution in [1.29, 1.82) is 5.26 Å².